The number of hydrogen-bond donors (Lipinski definition) is 0. The van der Waals surface area contributed by atoms with Crippen LogP contribution in [0.4, 0.5) is 4.39 Å². The molecule has 0 saturated carbocycles. The highest BCUT2D eigenvalue weighted by Crippen LogP contribution is 2.20. The molecular weight excluding hydrogens is 419 g/mol. The Morgan fingerprint density at radius 1 is 1.10 bits per heavy atom. The van der Waals surface area contributed by atoms with Crippen molar-refractivity contribution >= 4 is 17.9 Å². The van der Waals surface area contributed by atoms with Crippen LogP contribution >= 0.6 is 0 Å². The van der Waals surface area contributed by atoms with Crippen molar-refractivity contribution in [2.24, 2.45) is 0 Å². The van der Waals surface area contributed by atoms with Gasteiger partial charge in [0.1, 0.15) is 6.23 Å². The van der Waals surface area contributed by atoms with Crippen LogP contribution in [0.5, 0.6) is 0 Å². The average molecular weight is 444 g/mol. The smallest absolute Gasteiger partial charge is 0.336 e. The zero-order valence-electron chi connectivity index (χ0n) is 17.2. The maximum atomic E-state index is 13.9. The molecule has 0 amide bonds. The number of carbonyl (C=O) groups is 3. The predicted molar refractivity (Wildman–Crippen MR) is 101 cm³/mol. The second-order valence-electron chi connectivity index (χ2n) is 6.77. The molecule has 0 radical (unpaired) electrons. The minimum atomic E-state index is -1.21. The zero-order valence-corrected chi connectivity index (χ0v) is 17.2. The van der Waals surface area contributed by atoms with Gasteiger partial charge in [-0.15, -0.1) is 0 Å². The average Bonchev–Trinajstić information content (AvgIpc) is 3.25. The van der Waals surface area contributed by atoms with E-state index in [1.165, 1.54) is 0 Å². The van der Waals surface area contributed by atoms with Crippen molar-refractivity contribution < 1.29 is 37.7 Å². The molecular formula is C19H25FN2O9. The van der Waals surface area contributed by atoms with E-state index in [1.807, 2.05) is 0 Å². The first kappa shape index (κ1) is 24.3. The summed E-state index contributed by atoms with van der Waals surface area (Å²) in [6, 6.07) is 0. The van der Waals surface area contributed by atoms with Gasteiger partial charge in [-0.1, -0.05) is 6.92 Å². The zero-order chi connectivity index (χ0) is 22.8. The Balaban J connectivity index is 1.78. The van der Waals surface area contributed by atoms with Gasteiger partial charge < -0.3 is 18.9 Å². The maximum absolute atomic E-state index is 13.9. The van der Waals surface area contributed by atoms with E-state index in [2.05, 4.69) is 4.74 Å². The largest absolute Gasteiger partial charge is 0.444 e. The van der Waals surface area contributed by atoms with E-state index in [9.17, 15) is 28.4 Å². The van der Waals surface area contributed by atoms with Crippen molar-refractivity contribution in [1.29, 1.82) is 0 Å². The van der Waals surface area contributed by atoms with Crippen LogP contribution in [-0.2, 0) is 40.1 Å². The molecule has 11 nitrogen and oxygen atoms in total. The van der Waals surface area contributed by atoms with E-state index in [0.717, 1.165) is 10.8 Å². The predicted octanol–water partition coefficient (Wildman–Crippen LogP) is 0.973. The van der Waals surface area contributed by atoms with Gasteiger partial charge in [-0.25, -0.2) is 9.36 Å². The Bertz CT molecular complexity index is 903. The van der Waals surface area contributed by atoms with E-state index in [-0.39, 0.29) is 25.7 Å². The van der Waals surface area contributed by atoms with E-state index >= 15 is 0 Å². The second kappa shape index (κ2) is 12.0. The van der Waals surface area contributed by atoms with Gasteiger partial charge in [0, 0.05) is 25.9 Å². The third kappa shape index (κ3) is 7.31. The van der Waals surface area contributed by atoms with Crippen LogP contribution in [0, 0.1) is 5.82 Å². The summed E-state index contributed by atoms with van der Waals surface area (Å²) >= 11 is 0. The minimum absolute atomic E-state index is 0.0682. The van der Waals surface area contributed by atoms with Crippen molar-refractivity contribution in [3.8, 4) is 0 Å². The molecule has 1 aliphatic heterocycles. The van der Waals surface area contributed by atoms with E-state index < -0.39 is 54.7 Å². The van der Waals surface area contributed by atoms with Crippen molar-refractivity contribution in [3.63, 3.8) is 0 Å². The molecule has 0 spiro atoms. The fourth-order valence-electron chi connectivity index (χ4n) is 2.78. The summed E-state index contributed by atoms with van der Waals surface area (Å²) in [5.74, 6) is -3.11. The molecule has 12 heteroatoms. The number of esters is 3. The summed E-state index contributed by atoms with van der Waals surface area (Å²) in [4.78, 5) is 58.8. The Labute approximate surface area is 176 Å². The molecule has 1 unspecified atom stereocenters. The molecule has 1 atom stereocenters. The van der Waals surface area contributed by atoms with E-state index in [4.69, 9.17) is 14.2 Å². The molecule has 1 saturated heterocycles. The summed E-state index contributed by atoms with van der Waals surface area (Å²) in [5.41, 5.74) is -2.07. The fraction of sp³-hybridized carbons (Fsp3) is 0.632. The number of rotatable bonds is 11. The van der Waals surface area contributed by atoms with Gasteiger partial charge in [-0.2, -0.15) is 4.39 Å². The monoisotopic (exact) mass is 444 g/mol. The van der Waals surface area contributed by atoms with E-state index in [1.54, 1.807) is 6.92 Å². The van der Waals surface area contributed by atoms with Crippen LogP contribution in [0.1, 0.15) is 58.1 Å². The van der Waals surface area contributed by atoms with Crippen molar-refractivity contribution in [2.75, 3.05) is 13.4 Å². The molecule has 0 aromatic carbocycles. The lowest BCUT2D eigenvalue weighted by Crippen LogP contribution is -2.43. The maximum Gasteiger partial charge on any atom is 0.336 e. The molecule has 1 aromatic heterocycles. The highest BCUT2D eigenvalue weighted by molar-refractivity contribution is 5.72. The van der Waals surface area contributed by atoms with Crippen molar-refractivity contribution in [2.45, 2.75) is 64.8 Å². The molecule has 1 aliphatic rings. The Kier molecular flexibility index (Phi) is 9.38. The van der Waals surface area contributed by atoms with Crippen LogP contribution < -0.4 is 11.2 Å². The lowest BCUT2D eigenvalue weighted by atomic mass is 10.2. The quantitative estimate of drug-likeness (QED) is 0.362. The topological polar surface area (TPSA) is 132 Å². The molecule has 0 bridgehead atoms. The second-order valence-corrected chi connectivity index (χ2v) is 6.77. The number of nitrogens with zero attached hydrogens (tertiary/aromatic N) is 2. The number of aromatic nitrogens is 2. The summed E-state index contributed by atoms with van der Waals surface area (Å²) in [5, 5.41) is 0. The molecule has 1 fully saturated rings. The van der Waals surface area contributed by atoms with Crippen molar-refractivity contribution in [3.05, 3.63) is 32.9 Å². The van der Waals surface area contributed by atoms with Crippen LogP contribution in [0.3, 0.4) is 0 Å². The summed E-state index contributed by atoms with van der Waals surface area (Å²) in [6.45, 7) is 0.952. The molecule has 0 N–H and O–H groups in total. The Hall–Kier alpha value is -3.02. The Morgan fingerprint density at radius 3 is 2.35 bits per heavy atom. The fourth-order valence-corrected chi connectivity index (χ4v) is 2.78. The lowest BCUT2D eigenvalue weighted by molar-refractivity contribution is -0.167. The molecule has 2 rings (SSSR count). The SMILES string of the molecule is CCCC(=O)OCOC(=O)CCCC(=O)OCn1c(=O)c(F)cn(C2CCCO2)c1=O. The number of carbonyl (C=O) groups excluding carboxylic acids is 3. The number of hydrogen-bond acceptors (Lipinski definition) is 9. The van der Waals surface area contributed by atoms with Crippen LogP contribution in [0.2, 0.25) is 0 Å². The van der Waals surface area contributed by atoms with Crippen LogP contribution in [0.15, 0.2) is 15.8 Å². The van der Waals surface area contributed by atoms with Gasteiger partial charge >= 0.3 is 23.6 Å². The highest BCUT2D eigenvalue weighted by Gasteiger charge is 2.22. The van der Waals surface area contributed by atoms with Gasteiger partial charge in [0.15, 0.2) is 6.73 Å². The molecule has 2 heterocycles. The molecule has 31 heavy (non-hydrogen) atoms. The first-order valence-corrected chi connectivity index (χ1v) is 9.93. The summed E-state index contributed by atoms with van der Waals surface area (Å²) in [7, 11) is 0. The molecule has 1 aromatic rings. The third-order valence-corrected chi connectivity index (χ3v) is 4.38. The lowest BCUT2D eigenvalue weighted by Gasteiger charge is -2.15. The normalized spacial score (nSPS) is 15.5. The first-order chi connectivity index (χ1) is 14.8. The Morgan fingerprint density at radius 2 is 1.74 bits per heavy atom. The summed E-state index contributed by atoms with van der Waals surface area (Å²) in [6.07, 6.45) is 1.85. The van der Waals surface area contributed by atoms with Gasteiger partial charge in [0.2, 0.25) is 12.6 Å². The van der Waals surface area contributed by atoms with Gasteiger partial charge in [0.25, 0.3) is 5.56 Å². The third-order valence-electron chi connectivity index (χ3n) is 4.38. The van der Waals surface area contributed by atoms with Crippen LogP contribution in [-0.4, -0.2) is 40.4 Å². The number of halogens is 1. The van der Waals surface area contributed by atoms with Crippen LogP contribution in [0.25, 0.3) is 0 Å². The minimum Gasteiger partial charge on any atom is -0.444 e. The molecule has 0 aliphatic carbocycles. The highest BCUT2D eigenvalue weighted by atomic mass is 19.1. The standard InChI is InChI=1S/C19H25FN2O9/c1-2-5-15(23)30-12-31-17(25)8-3-7-16(24)29-11-22-18(26)13(20)10-21(19(22)27)14-6-4-9-28-14/h10,14H,2-9,11-12H2,1H3. The van der Waals surface area contributed by atoms with Gasteiger partial charge in [-0.3, -0.25) is 23.7 Å². The van der Waals surface area contributed by atoms with Gasteiger partial charge in [-0.05, 0) is 25.7 Å². The molecule has 172 valence electrons. The first-order valence-electron chi connectivity index (χ1n) is 9.93. The van der Waals surface area contributed by atoms with Gasteiger partial charge in [0.05, 0.1) is 6.20 Å². The number of ether oxygens (including phenoxy) is 4. The van der Waals surface area contributed by atoms with E-state index in [0.29, 0.717) is 30.4 Å². The van der Waals surface area contributed by atoms with Crippen molar-refractivity contribution in [1.82, 2.24) is 9.13 Å². The summed E-state index contributed by atoms with van der Waals surface area (Å²) < 4.78 is 34.9.